The predicted octanol–water partition coefficient (Wildman–Crippen LogP) is 3.27. The Bertz CT molecular complexity index is 848. The van der Waals surface area contributed by atoms with Gasteiger partial charge in [-0.25, -0.2) is 9.98 Å². The van der Waals surface area contributed by atoms with Crippen molar-refractivity contribution in [3.63, 3.8) is 0 Å². The van der Waals surface area contributed by atoms with Gasteiger partial charge in [-0.1, -0.05) is 23.5 Å². The number of hydrogen-bond acceptors (Lipinski definition) is 8. The summed E-state index contributed by atoms with van der Waals surface area (Å²) >= 11 is 1.49. The summed E-state index contributed by atoms with van der Waals surface area (Å²) < 4.78 is 5.29. The van der Waals surface area contributed by atoms with Crippen LogP contribution in [0.3, 0.4) is 0 Å². The number of nitrogens with zero attached hydrogens (tertiary/aromatic N) is 4. The van der Waals surface area contributed by atoms with Crippen molar-refractivity contribution in [3.05, 3.63) is 35.0 Å². The molecule has 1 fully saturated rings. The first-order chi connectivity index (χ1) is 13.2. The smallest absolute Gasteiger partial charge is 0.158 e. The molecule has 1 atom stereocenters. The number of amidine groups is 1. The van der Waals surface area contributed by atoms with Crippen molar-refractivity contribution in [1.29, 1.82) is 0 Å². The Morgan fingerprint density at radius 1 is 1.28 bits per heavy atom. The van der Waals surface area contributed by atoms with Gasteiger partial charge in [0, 0.05) is 39.4 Å². The molecule has 29 heavy (non-hydrogen) atoms. The van der Waals surface area contributed by atoms with Crippen molar-refractivity contribution in [2.75, 3.05) is 45.7 Å². The molecule has 0 spiro atoms. The zero-order chi connectivity index (χ0) is 18.8. The quantitative estimate of drug-likeness (QED) is 0.730. The van der Waals surface area contributed by atoms with E-state index in [-0.39, 0.29) is 31.4 Å². The Morgan fingerprint density at radius 3 is 2.83 bits per heavy atom. The minimum absolute atomic E-state index is 0. The van der Waals surface area contributed by atoms with E-state index < -0.39 is 0 Å². The second-order valence-corrected chi connectivity index (χ2v) is 7.97. The highest BCUT2D eigenvalue weighted by molar-refractivity contribution is 7.16. The number of rotatable bonds is 4. The Balaban J connectivity index is 0.00000150. The minimum atomic E-state index is -0.0620. The van der Waals surface area contributed by atoms with Crippen molar-refractivity contribution < 1.29 is 9.84 Å². The summed E-state index contributed by atoms with van der Waals surface area (Å²) in [5, 5.41) is 14.7. The number of fused-ring (bicyclic) bond motifs is 2. The summed E-state index contributed by atoms with van der Waals surface area (Å²) in [5.41, 5.74) is 2.71. The monoisotopic (exact) mass is 459 g/mol. The van der Waals surface area contributed by atoms with Gasteiger partial charge in [0.2, 0.25) is 0 Å². The van der Waals surface area contributed by atoms with E-state index in [4.69, 9.17) is 9.73 Å². The molecule has 7 nitrogen and oxygen atoms in total. The minimum Gasteiger partial charge on any atom is -0.389 e. The number of halogens is 2. The van der Waals surface area contributed by atoms with E-state index in [2.05, 4.69) is 27.1 Å². The molecule has 0 aliphatic carbocycles. The van der Waals surface area contributed by atoms with Crippen molar-refractivity contribution in [2.24, 2.45) is 4.99 Å². The maximum Gasteiger partial charge on any atom is 0.158 e. The van der Waals surface area contributed by atoms with Gasteiger partial charge in [-0.3, -0.25) is 4.90 Å². The van der Waals surface area contributed by atoms with Gasteiger partial charge < -0.3 is 20.1 Å². The Hall–Kier alpha value is -1.42. The third-order valence-corrected chi connectivity index (χ3v) is 6.08. The largest absolute Gasteiger partial charge is 0.389 e. The third kappa shape index (κ3) is 5.02. The Kier molecular flexibility index (Phi) is 8.69. The zero-order valence-corrected chi connectivity index (χ0v) is 18.9. The first kappa shape index (κ1) is 23.9. The van der Waals surface area contributed by atoms with E-state index in [9.17, 15) is 5.11 Å². The zero-order valence-electron chi connectivity index (χ0n) is 16.5. The molecule has 1 saturated heterocycles. The fraction of sp³-hybridized carbons (Fsp3) is 0.474. The summed E-state index contributed by atoms with van der Waals surface area (Å²) in [5.74, 6) is 0.883. The number of aliphatic imine (C=N–C) groups is 1. The Morgan fingerprint density at radius 2 is 2.07 bits per heavy atom. The number of thiazole rings is 1. The fourth-order valence-electron chi connectivity index (χ4n) is 3.56. The first-order valence-corrected chi connectivity index (χ1v) is 10.0. The SMILES string of the molecule is COCCC1CN(C2=Nc3ccccc3Nc3sc(CO)nc32)CCN1C.Cl.Cl. The molecular weight excluding hydrogens is 433 g/mol. The highest BCUT2D eigenvalue weighted by atomic mass is 35.5. The summed E-state index contributed by atoms with van der Waals surface area (Å²) in [6.45, 7) is 3.43. The van der Waals surface area contributed by atoms with Crippen LogP contribution in [-0.2, 0) is 11.3 Å². The molecule has 1 aromatic carbocycles. The molecular formula is C19H27Cl2N5O2S. The lowest BCUT2D eigenvalue weighted by Gasteiger charge is -2.40. The second kappa shape index (κ2) is 10.6. The molecule has 10 heteroatoms. The number of nitrogens with one attached hydrogen (secondary N) is 1. The molecule has 0 bridgehead atoms. The van der Waals surface area contributed by atoms with Crippen LogP contribution >= 0.6 is 36.2 Å². The number of piperazine rings is 1. The van der Waals surface area contributed by atoms with E-state index in [0.717, 1.165) is 60.6 Å². The Labute approximate surface area is 187 Å². The number of aromatic nitrogens is 1. The topological polar surface area (TPSA) is 73.2 Å². The standard InChI is InChI=1S/C19H25N5O2S.2ClH/c1-23-8-9-24(11-13(23)7-10-26-2)18-17-19(27-16(12-25)22-17)21-15-6-4-3-5-14(15)20-18;;/h3-6,13,21,25H,7-12H2,1-2H3;2*1H. The van der Waals surface area contributed by atoms with Crippen molar-refractivity contribution >= 4 is 58.4 Å². The molecule has 160 valence electrons. The molecule has 0 radical (unpaired) electrons. The van der Waals surface area contributed by atoms with Gasteiger partial charge >= 0.3 is 0 Å². The van der Waals surface area contributed by atoms with E-state index in [0.29, 0.717) is 11.0 Å². The third-order valence-electron chi connectivity index (χ3n) is 5.13. The van der Waals surface area contributed by atoms with Gasteiger partial charge in [-0.15, -0.1) is 24.8 Å². The van der Waals surface area contributed by atoms with Crippen LogP contribution in [0.5, 0.6) is 0 Å². The van der Waals surface area contributed by atoms with Gasteiger partial charge in [0.15, 0.2) is 5.84 Å². The lowest BCUT2D eigenvalue weighted by molar-refractivity contribution is 0.100. The maximum atomic E-state index is 9.57. The van der Waals surface area contributed by atoms with Crippen LogP contribution in [0.1, 0.15) is 17.1 Å². The first-order valence-electron chi connectivity index (χ1n) is 9.19. The van der Waals surface area contributed by atoms with E-state index in [1.165, 1.54) is 11.3 Å². The number of hydrogen-bond donors (Lipinski definition) is 2. The van der Waals surface area contributed by atoms with E-state index in [1.54, 1.807) is 7.11 Å². The number of para-hydroxylation sites is 2. The van der Waals surface area contributed by atoms with Gasteiger partial charge in [-0.2, -0.15) is 0 Å². The number of ether oxygens (including phenoxy) is 1. The molecule has 2 N–H and O–H groups in total. The molecule has 0 saturated carbocycles. The normalized spacial score (nSPS) is 18.4. The van der Waals surface area contributed by atoms with Crippen LogP contribution in [-0.4, -0.2) is 72.2 Å². The molecule has 4 rings (SSSR count). The van der Waals surface area contributed by atoms with Crippen LogP contribution in [0, 0.1) is 0 Å². The molecule has 2 aliphatic heterocycles. The fourth-order valence-corrected chi connectivity index (χ4v) is 4.39. The summed E-state index contributed by atoms with van der Waals surface area (Å²) in [6.07, 6.45) is 0.984. The van der Waals surface area contributed by atoms with Crippen molar-refractivity contribution in [1.82, 2.24) is 14.8 Å². The average Bonchev–Trinajstić information content (AvgIpc) is 3.02. The van der Waals surface area contributed by atoms with Crippen molar-refractivity contribution in [3.8, 4) is 0 Å². The van der Waals surface area contributed by atoms with Crippen LogP contribution in [0.2, 0.25) is 0 Å². The van der Waals surface area contributed by atoms with Crippen LogP contribution in [0.4, 0.5) is 16.4 Å². The van der Waals surface area contributed by atoms with Crippen LogP contribution in [0.25, 0.3) is 0 Å². The highest BCUT2D eigenvalue weighted by Gasteiger charge is 2.31. The van der Waals surface area contributed by atoms with E-state index in [1.807, 2.05) is 24.3 Å². The number of methoxy groups -OCH3 is 1. The van der Waals surface area contributed by atoms with E-state index >= 15 is 0 Å². The maximum absolute atomic E-state index is 9.57. The summed E-state index contributed by atoms with van der Waals surface area (Å²) in [4.78, 5) is 14.4. The summed E-state index contributed by atoms with van der Waals surface area (Å²) in [7, 11) is 3.91. The van der Waals surface area contributed by atoms with Crippen molar-refractivity contribution in [2.45, 2.75) is 19.1 Å². The molecule has 3 heterocycles. The molecule has 2 aromatic rings. The average molecular weight is 460 g/mol. The van der Waals surface area contributed by atoms with Gasteiger partial charge in [0.25, 0.3) is 0 Å². The number of aliphatic hydroxyl groups is 1. The molecule has 2 aliphatic rings. The number of anilines is 2. The van der Waals surface area contributed by atoms with Gasteiger partial charge in [0.1, 0.15) is 15.7 Å². The van der Waals surface area contributed by atoms with Gasteiger partial charge in [-0.05, 0) is 25.6 Å². The van der Waals surface area contributed by atoms with Gasteiger partial charge in [0.05, 0.1) is 18.0 Å². The second-order valence-electron chi connectivity index (χ2n) is 6.88. The van der Waals surface area contributed by atoms with Crippen LogP contribution < -0.4 is 5.32 Å². The molecule has 0 amide bonds. The summed E-state index contributed by atoms with van der Waals surface area (Å²) in [6, 6.07) is 8.45. The molecule has 1 aromatic heterocycles. The number of benzene rings is 1. The lowest BCUT2D eigenvalue weighted by atomic mass is 10.1. The number of likely N-dealkylation sites (N-methyl/N-ethyl adjacent to an activating group) is 1. The predicted molar refractivity (Wildman–Crippen MR) is 123 cm³/mol. The highest BCUT2D eigenvalue weighted by Crippen LogP contribution is 2.38. The number of aliphatic hydroxyl groups excluding tert-OH is 1. The van der Waals surface area contributed by atoms with Crippen LogP contribution in [0.15, 0.2) is 29.3 Å². The molecule has 1 unspecified atom stereocenters. The lowest BCUT2D eigenvalue weighted by Crippen LogP contribution is -2.53.